The van der Waals surface area contributed by atoms with Crippen molar-refractivity contribution in [3.05, 3.63) is 86.5 Å². The van der Waals surface area contributed by atoms with Crippen LogP contribution in [0.15, 0.2) is 70.2 Å². The molecule has 1 N–H and O–H groups in total. The van der Waals surface area contributed by atoms with E-state index in [1.807, 2.05) is 18.2 Å². The average molecular weight is 589 g/mol. The number of anilines is 1. The number of benzene rings is 2. The van der Waals surface area contributed by atoms with Crippen LogP contribution in [-0.4, -0.2) is 40.6 Å². The molecular weight excluding hydrogens is 570 g/mol. The van der Waals surface area contributed by atoms with Gasteiger partial charge in [-0.1, -0.05) is 23.7 Å². The van der Waals surface area contributed by atoms with Crippen LogP contribution in [-0.2, 0) is 16.2 Å². The summed E-state index contributed by atoms with van der Waals surface area (Å²) in [6, 6.07) is 15.6. The minimum Gasteiger partial charge on any atom is -0.493 e. The fourth-order valence-corrected chi connectivity index (χ4v) is 4.89. The van der Waals surface area contributed by atoms with E-state index in [2.05, 4.69) is 26.2 Å². The van der Waals surface area contributed by atoms with Crippen LogP contribution in [0.3, 0.4) is 0 Å². The second-order valence-corrected chi connectivity index (χ2v) is 9.75. The Morgan fingerprint density at radius 3 is 2.75 bits per heavy atom. The molecule has 0 spiro atoms. The van der Waals surface area contributed by atoms with Crippen LogP contribution in [0.25, 0.3) is 6.08 Å². The molecule has 1 fully saturated rings. The molecule has 11 heteroatoms. The maximum absolute atomic E-state index is 12.9. The molecule has 3 aromatic rings. The molecule has 1 aromatic heterocycles. The van der Waals surface area contributed by atoms with E-state index in [0.29, 0.717) is 32.2 Å². The summed E-state index contributed by atoms with van der Waals surface area (Å²) in [5.41, 5.74) is 1.83. The number of aromatic nitrogens is 1. The van der Waals surface area contributed by atoms with E-state index in [4.69, 9.17) is 21.1 Å². The van der Waals surface area contributed by atoms with Gasteiger partial charge in [0.1, 0.15) is 13.2 Å². The Hall–Kier alpha value is -3.34. The van der Waals surface area contributed by atoms with Gasteiger partial charge in [0, 0.05) is 16.9 Å². The Kier molecular flexibility index (Phi) is 8.29. The zero-order valence-electron chi connectivity index (χ0n) is 18.9. The van der Waals surface area contributed by atoms with Crippen LogP contribution in [0.1, 0.15) is 11.3 Å². The Morgan fingerprint density at radius 1 is 1.19 bits per heavy atom. The van der Waals surface area contributed by atoms with Gasteiger partial charge in [-0.25, -0.2) is 0 Å². The number of thioether (sulfide) groups is 1. The van der Waals surface area contributed by atoms with Crippen molar-refractivity contribution >= 4 is 68.1 Å². The standard InChI is InChI=1S/C25H19BrClN3O5S/c1-34-20-10-15(9-19(26)23(20)35-14-18-6-2-3-8-28-18)11-21-24(32)30(25(33)36-21)13-22(31)29-17-7-4-5-16(27)12-17/h2-12H,13-14H2,1H3,(H,29,31)/b21-11+. The maximum Gasteiger partial charge on any atom is 0.294 e. The largest absolute Gasteiger partial charge is 0.493 e. The minimum absolute atomic E-state index is 0.187. The number of ether oxygens (including phenoxy) is 2. The SMILES string of the molecule is COc1cc(/C=C2/SC(=O)N(CC(=O)Nc3cccc(Cl)c3)C2=O)cc(Br)c1OCc1ccccn1. The Balaban J connectivity index is 1.47. The molecule has 3 amide bonds. The lowest BCUT2D eigenvalue weighted by molar-refractivity contribution is -0.127. The van der Waals surface area contributed by atoms with Crippen LogP contribution in [0.5, 0.6) is 11.5 Å². The number of pyridine rings is 1. The number of hydrogen-bond donors (Lipinski definition) is 1. The summed E-state index contributed by atoms with van der Waals surface area (Å²) < 4.78 is 12.0. The van der Waals surface area contributed by atoms with Gasteiger partial charge in [0.15, 0.2) is 11.5 Å². The van der Waals surface area contributed by atoms with E-state index < -0.39 is 23.6 Å². The molecule has 36 heavy (non-hydrogen) atoms. The van der Waals surface area contributed by atoms with Crippen molar-refractivity contribution in [3.63, 3.8) is 0 Å². The lowest BCUT2D eigenvalue weighted by atomic mass is 10.2. The fourth-order valence-electron chi connectivity index (χ4n) is 3.29. The number of rotatable bonds is 8. The third-order valence-corrected chi connectivity index (χ3v) is 6.66. The quantitative estimate of drug-likeness (QED) is 0.334. The molecule has 8 nitrogen and oxygen atoms in total. The van der Waals surface area contributed by atoms with Crippen LogP contribution in [0.2, 0.25) is 5.02 Å². The summed E-state index contributed by atoms with van der Waals surface area (Å²) >= 11 is 10.2. The third kappa shape index (κ3) is 6.26. The predicted molar refractivity (Wildman–Crippen MR) is 142 cm³/mol. The Bertz CT molecular complexity index is 1350. The van der Waals surface area contributed by atoms with Crippen molar-refractivity contribution in [1.29, 1.82) is 0 Å². The smallest absolute Gasteiger partial charge is 0.294 e. The topological polar surface area (TPSA) is 97.8 Å². The number of carbonyl (C=O) groups is 3. The molecular formula is C25H19BrClN3O5S. The first-order valence-electron chi connectivity index (χ1n) is 10.5. The number of imide groups is 1. The molecule has 1 aliphatic rings. The number of nitrogens with zero attached hydrogens (tertiary/aromatic N) is 2. The highest BCUT2D eigenvalue weighted by molar-refractivity contribution is 9.10. The van der Waals surface area contributed by atoms with Crippen molar-refractivity contribution in [2.24, 2.45) is 0 Å². The zero-order valence-corrected chi connectivity index (χ0v) is 22.0. The minimum atomic E-state index is -0.559. The Morgan fingerprint density at radius 2 is 2.03 bits per heavy atom. The van der Waals surface area contributed by atoms with Crippen LogP contribution >= 0.6 is 39.3 Å². The Labute approximate surface area is 224 Å². The van der Waals surface area contributed by atoms with Crippen molar-refractivity contribution in [2.75, 3.05) is 19.0 Å². The molecule has 0 unspecified atom stereocenters. The molecule has 2 heterocycles. The molecule has 1 aliphatic heterocycles. The molecule has 2 aromatic carbocycles. The van der Waals surface area contributed by atoms with Gasteiger partial charge in [0.2, 0.25) is 5.91 Å². The summed E-state index contributed by atoms with van der Waals surface area (Å²) in [6.07, 6.45) is 3.25. The number of carbonyl (C=O) groups excluding carboxylic acids is 3. The number of methoxy groups -OCH3 is 1. The average Bonchev–Trinajstić information content (AvgIpc) is 3.11. The third-order valence-electron chi connectivity index (χ3n) is 4.92. The van der Waals surface area contributed by atoms with E-state index in [1.54, 1.807) is 48.7 Å². The van der Waals surface area contributed by atoms with Crippen molar-refractivity contribution < 1.29 is 23.9 Å². The van der Waals surface area contributed by atoms with E-state index in [-0.39, 0.29) is 11.5 Å². The second kappa shape index (κ2) is 11.6. The van der Waals surface area contributed by atoms with E-state index in [0.717, 1.165) is 22.4 Å². The molecule has 0 aliphatic carbocycles. The number of amides is 3. The molecule has 0 atom stereocenters. The van der Waals surface area contributed by atoms with Gasteiger partial charge in [-0.3, -0.25) is 24.3 Å². The predicted octanol–water partition coefficient (Wildman–Crippen LogP) is 5.76. The highest BCUT2D eigenvalue weighted by Crippen LogP contribution is 2.39. The van der Waals surface area contributed by atoms with Crippen LogP contribution in [0.4, 0.5) is 10.5 Å². The van der Waals surface area contributed by atoms with Crippen molar-refractivity contribution in [3.8, 4) is 11.5 Å². The zero-order chi connectivity index (χ0) is 25.7. The summed E-state index contributed by atoms with van der Waals surface area (Å²) in [5, 5.41) is 2.55. The van der Waals surface area contributed by atoms with Gasteiger partial charge >= 0.3 is 0 Å². The van der Waals surface area contributed by atoms with Gasteiger partial charge in [-0.2, -0.15) is 0 Å². The maximum atomic E-state index is 12.9. The number of hydrogen-bond acceptors (Lipinski definition) is 7. The van der Waals surface area contributed by atoms with Crippen LogP contribution < -0.4 is 14.8 Å². The normalized spacial score (nSPS) is 14.3. The summed E-state index contributed by atoms with van der Waals surface area (Å²) in [5.74, 6) is -0.158. The molecule has 184 valence electrons. The van der Waals surface area contributed by atoms with E-state index in [9.17, 15) is 14.4 Å². The van der Waals surface area contributed by atoms with Crippen molar-refractivity contribution in [1.82, 2.24) is 9.88 Å². The first kappa shape index (κ1) is 25.7. The van der Waals surface area contributed by atoms with Gasteiger partial charge < -0.3 is 14.8 Å². The summed E-state index contributed by atoms with van der Waals surface area (Å²) in [7, 11) is 1.51. The van der Waals surface area contributed by atoms with Crippen LogP contribution in [0, 0.1) is 0 Å². The van der Waals surface area contributed by atoms with Gasteiger partial charge in [0.25, 0.3) is 11.1 Å². The fraction of sp³-hybridized carbons (Fsp3) is 0.120. The highest BCUT2D eigenvalue weighted by Gasteiger charge is 2.36. The summed E-state index contributed by atoms with van der Waals surface area (Å²) in [6.45, 7) is -0.173. The molecule has 4 rings (SSSR count). The summed E-state index contributed by atoms with van der Waals surface area (Å²) in [4.78, 5) is 43.0. The molecule has 0 radical (unpaired) electrons. The van der Waals surface area contributed by atoms with Gasteiger partial charge in [0.05, 0.1) is 22.2 Å². The molecule has 0 bridgehead atoms. The van der Waals surface area contributed by atoms with Crippen molar-refractivity contribution in [2.45, 2.75) is 6.61 Å². The number of halogens is 2. The first-order chi connectivity index (χ1) is 17.3. The van der Waals surface area contributed by atoms with E-state index >= 15 is 0 Å². The monoisotopic (exact) mass is 587 g/mol. The second-order valence-electron chi connectivity index (χ2n) is 7.47. The number of nitrogens with one attached hydrogen (secondary N) is 1. The molecule has 1 saturated heterocycles. The van der Waals surface area contributed by atoms with Gasteiger partial charge in [-0.05, 0) is 81.8 Å². The lowest BCUT2D eigenvalue weighted by Gasteiger charge is -2.14. The first-order valence-corrected chi connectivity index (χ1v) is 12.5. The van der Waals surface area contributed by atoms with E-state index in [1.165, 1.54) is 7.11 Å². The van der Waals surface area contributed by atoms with Gasteiger partial charge in [-0.15, -0.1) is 0 Å². The highest BCUT2D eigenvalue weighted by atomic mass is 79.9. The molecule has 0 saturated carbocycles. The lowest BCUT2D eigenvalue weighted by Crippen LogP contribution is -2.36.